The van der Waals surface area contributed by atoms with Crippen LogP contribution in [0.1, 0.15) is 215 Å². The Hall–Kier alpha value is -3.90. The summed E-state index contributed by atoms with van der Waals surface area (Å²) in [6.07, 6.45) is 35.0. The summed E-state index contributed by atoms with van der Waals surface area (Å²) in [4.78, 5) is 18.2. The second-order valence-corrected chi connectivity index (χ2v) is 26.6. The van der Waals surface area contributed by atoms with Crippen molar-refractivity contribution in [2.24, 2.45) is 0 Å². The zero-order chi connectivity index (χ0) is 59.5. The minimum atomic E-state index is -3.87. The highest BCUT2D eigenvalue weighted by atomic mass is 32.2. The predicted molar refractivity (Wildman–Crippen MR) is 352 cm³/mol. The maximum Gasteiger partial charge on any atom is 0.325 e. The molecule has 0 saturated heterocycles. The Labute approximate surface area is 518 Å². The number of ether oxygens (including phenoxy) is 5. The van der Waals surface area contributed by atoms with Crippen LogP contribution in [0.4, 0.5) is 0 Å². The van der Waals surface area contributed by atoms with Crippen molar-refractivity contribution in [3.05, 3.63) is 192 Å². The summed E-state index contributed by atoms with van der Waals surface area (Å²) >= 11 is 1.64. The van der Waals surface area contributed by atoms with Crippen LogP contribution >= 0.6 is 19.6 Å². The van der Waals surface area contributed by atoms with Crippen LogP contribution in [-0.4, -0.2) is 57.8 Å². The van der Waals surface area contributed by atoms with E-state index in [-0.39, 0.29) is 11.4 Å². The first kappa shape index (κ1) is 70.2. The monoisotopic (exact) mass is 1200 g/mol. The van der Waals surface area contributed by atoms with E-state index in [0.717, 1.165) is 79.2 Å². The molecule has 468 valence electrons. The first-order valence-electron chi connectivity index (χ1n) is 33.2. The lowest BCUT2D eigenvalue weighted by Gasteiger charge is -2.49. The van der Waals surface area contributed by atoms with Gasteiger partial charge in [0.25, 0.3) is 0 Å². The van der Waals surface area contributed by atoms with Gasteiger partial charge in [0, 0.05) is 11.4 Å². The first-order valence-corrected chi connectivity index (χ1v) is 35.8. The highest BCUT2D eigenvalue weighted by Gasteiger charge is 2.55. The van der Waals surface area contributed by atoms with Crippen molar-refractivity contribution in [3.8, 4) is 0 Å². The van der Waals surface area contributed by atoms with Crippen molar-refractivity contribution in [2.75, 3.05) is 6.16 Å². The Morgan fingerprint density at radius 1 is 0.365 bits per heavy atom. The highest BCUT2D eigenvalue weighted by molar-refractivity contribution is 7.95. The van der Waals surface area contributed by atoms with Gasteiger partial charge >= 0.3 is 7.60 Å². The minimum Gasteiger partial charge on any atom is -0.368 e. The van der Waals surface area contributed by atoms with Crippen molar-refractivity contribution < 1.29 is 42.2 Å². The topological polar surface area (TPSA) is 113 Å². The van der Waals surface area contributed by atoms with Crippen LogP contribution in [0.5, 0.6) is 0 Å². The van der Waals surface area contributed by atoms with E-state index >= 15 is 0 Å². The number of benzene rings is 5. The Morgan fingerprint density at radius 3 is 0.918 bits per heavy atom. The molecule has 7 atom stereocenters. The average molecular weight is 1200 g/mol. The van der Waals surface area contributed by atoms with E-state index < -0.39 is 44.2 Å². The zero-order valence-electron chi connectivity index (χ0n) is 51.8. The van der Waals surface area contributed by atoms with Crippen LogP contribution in [0.15, 0.2) is 164 Å². The molecule has 2 N–H and O–H groups in total. The quantitative estimate of drug-likeness (QED) is 0.0169. The van der Waals surface area contributed by atoms with Crippen LogP contribution in [0, 0.1) is 0 Å². The molecule has 1 fully saturated rings. The lowest BCUT2D eigenvalue weighted by molar-refractivity contribution is -0.277. The Bertz CT molecular complexity index is 2330. The van der Waals surface area contributed by atoms with E-state index in [1.54, 1.807) is 12.0 Å². The Balaban J connectivity index is 1.19. The van der Waals surface area contributed by atoms with Crippen LogP contribution in [0.25, 0.3) is 0 Å². The smallest absolute Gasteiger partial charge is 0.325 e. The van der Waals surface area contributed by atoms with Gasteiger partial charge in [-0.25, -0.2) is 0 Å². The largest absolute Gasteiger partial charge is 0.368 e. The van der Waals surface area contributed by atoms with E-state index in [1.807, 2.05) is 30.3 Å². The second kappa shape index (κ2) is 44.5. The van der Waals surface area contributed by atoms with Gasteiger partial charge in [0.05, 0.1) is 33.0 Å². The number of hydrogen-bond acceptors (Lipinski definition) is 8. The molecule has 1 aliphatic rings. The summed E-state index contributed by atoms with van der Waals surface area (Å²) in [7, 11) is -3.87. The van der Waals surface area contributed by atoms with Gasteiger partial charge in [-0.05, 0) is 84.8 Å². The van der Waals surface area contributed by atoms with E-state index in [4.69, 9.17) is 37.7 Å². The summed E-state index contributed by atoms with van der Waals surface area (Å²) in [6.45, 7) is 4.07. The van der Waals surface area contributed by atoms with Crippen LogP contribution in [0.2, 0.25) is 0 Å². The summed E-state index contributed by atoms with van der Waals surface area (Å²) < 4.78 is 54.8. The molecule has 1 saturated carbocycles. The van der Waals surface area contributed by atoms with Crippen LogP contribution in [0.3, 0.4) is 0 Å². The summed E-state index contributed by atoms with van der Waals surface area (Å²) in [5.74, 6) is 0. The van der Waals surface area contributed by atoms with Gasteiger partial charge in [0.15, 0.2) is 0 Å². The van der Waals surface area contributed by atoms with Gasteiger partial charge in [-0.15, -0.1) is 0 Å². The third-order valence-electron chi connectivity index (χ3n) is 16.4. The maximum atomic E-state index is 11.1. The van der Waals surface area contributed by atoms with E-state index in [0.29, 0.717) is 39.5 Å². The number of unbranched alkanes of at least 4 members (excludes halogenated alkanes) is 23. The summed E-state index contributed by atoms with van der Waals surface area (Å²) in [6, 6.07) is 51.9. The average Bonchev–Trinajstić information content (AvgIpc) is 3.26. The molecule has 5 aromatic rings. The molecule has 3 unspecified atom stereocenters. The highest BCUT2D eigenvalue weighted by Crippen LogP contribution is 2.40. The third-order valence-corrected chi connectivity index (χ3v) is 18.4. The molecule has 85 heavy (non-hydrogen) atoms. The molecule has 0 radical (unpaired) electrons. The van der Waals surface area contributed by atoms with Crippen molar-refractivity contribution in [1.82, 2.24) is 0 Å². The van der Waals surface area contributed by atoms with E-state index in [9.17, 15) is 4.57 Å². The van der Waals surface area contributed by atoms with Crippen molar-refractivity contribution in [2.45, 2.75) is 262 Å². The molecule has 6 rings (SSSR count). The normalized spacial score (nSPS) is 18.5. The standard InChI is InChI=1S/C74H107O9PS/c1-2-3-4-5-6-7-8-9-12-15-18-21-24-42-55-68(56-43-25-22-19-16-13-10-11-14-17-20-23-26-44-57-84(75,76)77)85-83-74-72(81-61-66-51-38-30-39-52-66)70(79-59-64-47-34-28-35-48-64)69(78-58-63-45-32-27-33-46-63)71(80-60-65-49-36-29-37-50-65)73(74)82-62-67-53-40-31-41-54-67/h10,13,27-41,45-54,68-74H,2-9,11-12,14-26,42-44,55-62H2,1H3,(H2,75,76,77)/b13-10-/t68?,69?,70-,71+,72-,73-,74?/m0/s1. The fourth-order valence-electron chi connectivity index (χ4n) is 11.5. The number of rotatable bonds is 49. The van der Waals surface area contributed by atoms with Crippen LogP contribution < -0.4 is 0 Å². The van der Waals surface area contributed by atoms with Gasteiger partial charge in [0.1, 0.15) is 36.6 Å². The molecule has 0 aromatic heterocycles. The molecule has 5 aromatic carbocycles. The van der Waals surface area contributed by atoms with E-state index in [1.165, 1.54) is 122 Å². The molecule has 11 heteroatoms. The molecular weight excluding hydrogens is 1100 g/mol. The predicted octanol–water partition coefficient (Wildman–Crippen LogP) is 20.0. The van der Waals surface area contributed by atoms with Gasteiger partial charge in [-0.3, -0.25) is 4.57 Å². The van der Waals surface area contributed by atoms with E-state index in [2.05, 4.69) is 140 Å². The number of hydrogen-bond donors (Lipinski definition) is 2. The summed E-state index contributed by atoms with van der Waals surface area (Å²) in [5, 5.41) is 0.285. The fourth-order valence-corrected chi connectivity index (χ4v) is 13.1. The van der Waals surface area contributed by atoms with Crippen molar-refractivity contribution in [3.63, 3.8) is 0 Å². The van der Waals surface area contributed by atoms with Gasteiger partial charge in [0.2, 0.25) is 0 Å². The Morgan fingerprint density at radius 2 is 0.624 bits per heavy atom. The van der Waals surface area contributed by atoms with Gasteiger partial charge < -0.3 is 37.7 Å². The zero-order valence-corrected chi connectivity index (χ0v) is 53.5. The van der Waals surface area contributed by atoms with Crippen molar-refractivity contribution in [1.29, 1.82) is 0 Å². The Kier molecular flexibility index (Phi) is 36.8. The molecular formula is C74H107O9PS. The molecule has 0 bridgehead atoms. The van der Waals surface area contributed by atoms with Crippen LogP contribution in [-0.2, 0) is 65.5 Å². The second-order valence-electron chi connectivity index (χ2n) is 23.7. The lowest BCUT2D eigenvalue weighted by atomic mass is 9.83. The molecule has 0 aliphatic heterocycles. The van der Waals surface area contributed by atoms with Gasteiger partial charge in [-0.2, -0.15) is 0 Å². The SMILES string of the molecule is CCCCCCCCCCCCCCCCC(CCCCCC/C=C\CCCCCCCCP(=O)(O)O)SOC1[C@@H](OCc2ccccc2)[C@H](OCc2ccccc2)C(OCc2ccccc2)[C@H](OCc2ccccc2)[C@@H]1OCc1ccccc1. The molecule has 0 spiro atoms. The minimum absolute atomic E-state index is 0.00865. The van der Waals surface area contributed by atoms with Crippen molar-refractivity contribution >= 4 is 19.6 Å². The first-order chi connectivity index (χ1) is 41.9. The molecule has 9 nitrogen and oxygen atoms in total. The number of allylic oxidation sites excluding steroid dienone is 2. The molecule has 0 heterocycles. The third kappa shape index (κ3) is 30.7. The van der Waals surface area contributed by atoms with Gasteiger partial charge in [-0.1, -0.05) is 306 Å². The maximum absolute atomic E-state index is 11.1. The molecule has 0 amide bonds. The lowest BCUT2D eigenvalue weighted by Crippen LogP contribution is -2.67. The molecule has 1 aliphatic carbocycles. The fraction of sp³-hybridized carbons (Fsp3) is 0.568. The summed E-state index contributed by atoms with van der Waals surface area (Å²) in [5.41, 5.74) is 5.31.